The molecule has 0 spiro atoms. The number of alkyl halides is 3. The van der Waals surface area contributed by atoms with Crippen LogP contribution in [0.2, 0.25) is 0 Å². The van der Waals surface area contributed by atoms with Gasteiger partial charge in [-0.05, 0) is 68.8 Å². The van der Waals surface area contributed by atoms with Gasteiger partial charge in [0.25, 0.3) is 15.9 Å². The average molecular weight is 564 g/mol. The summed E-state index contributed by atoms with van der Waals surface area (Å²) in [5, 5.41) is 3.80. The van der Waals surface area contributed by atoms with Crippen LogP contribution in [-0.2, 0) is 22.6 Å². The molecule has 208 valence electrons. The average Bonchev–Trinajstić information content (AvgIpc) is 3.30. The number of halogens is 3. The van der Waals surface area contributed by atoms with Crippen LogP contribution in [0.15, 0.2) is 52.9 Å². The first kappa shape index (κ1) is 28.1. The van der Waals surface area contributed by atoms with E-state index < -0.39 is 27.8 Å². The van der Waals surface area contributed by atoms with E-state index in [1.54, 1.807) is 41.3 Å². The third kappa shape index (κ3) is 5.77. The SMILES string of the molecule is CCN(CC)C(=NS(C)(=O)=O)c1ccc(N2CCc3c(C(F)(F)F)nn(-c4ccc(OC)cc4)c3C2=O)cc1. The molecule has 0 fully saturated rings. The van der Waals surface area contributed by atoms with Crippen molar-refractivity contribution in [1.29, 1.82) is 0 Å². The largest absolute Gasteiger partial charge is 0.497 e. The lowest BCUT2D eigenvalue weighted by molar-refractivity contribution is -0.141. The van der Waals surface area contributed by atoms with Crippen LogP contribution in [-0.4, -0.2) is 67.8 Å². The molecule has 0 saturated heterocycles. The van der Waals surface area contributed by atoms with E-state index in [9.17, 15) is 26.4 Å². The Kier molecular flexibility index (Phi) is 7.73. The normalized spacial score (nSPS) is 14.4. The Labute approximate surface area is 224 Å². The number of carbonyl (C=O) groups is 1. The number of nitrogens with zero attached hydrogens (tertiary/aromatic N) is 5. The van der Waals surface area contributed by atoms with Gasteiger partial charge in [-0.2, -0.15) is 18.3 Å². The van der Waals surface area contributed by atoms with E-state index in [4.69, 9.17) is 4.74 Å². The monoisotopic (exact) mass is 563 g/mol. The molecule has 3 aromatic rings. The van der Waals surface area contributed by atoms with Crippen LogP contribution in [0.1, 0.15) is 41.2 Å². The minimum absolute atomic E-state index is 0.0168. The third-order valence-corrected chi connectivity index (χ3v) is 6.86. The second kappa shape index (κ2) is 10.7. The molecule has 1 amide bonds. The topological polar surface area (TPSA) is 97.1 Å². The molecule has 1 aromatic heterocycles. The number of amidine groups is 1. The van der Waals surface area contributed by atoms with E-state index in [1.807, 2.05) is 13.8 Å². The van der Waals surface area contributed by atoms with Crippen LogP contribution in [0.3, 0.4) is 0 Å². The van der Waals surface area contributed by atoms with Crippen molar-refractivity contribution in [3.8, 4) is 11.4 Å². The molecule has 1 aliphatic rings. The van der Waals surface area contributed by atoms with Crippen molar-refractivity contribution >= 4 is 27.5 Å². The van der Waals surface area contributed by atoms with Crippen LogP contribution < -0.4 is 9.64 Å². The predicted octanol–water partition coefficient (Wildman–Crippen LogP) is 4.15. The summed E-state index contributed by atoms with van der Waals surface area (Å²) in [4.78, 5) is 16.8. The van der Waals surface area contributed by atoms with Gasteiger partial charge in [-0.25, -0.2) is 13.1 Å². The molecule has 9 nitrogen and oxygen atoms in total. The fourth-order valence-electron chi connectivity index (χ4n) is 4.51. The highest BCUT2D eigenvalue weighted by molar-refractivity contribution is 7.89. The van der Waals surface area contributed by atoms with Crippen molar-refractivity contribution in [1.82, 2.24) is 14.7 Å². The summed E-state index contributed by atoms with van der Waals surface area (Å²) in [7, 11) is -2.21. The number of amides is 1. The van der Waals surface area contributed by atoms with Crippen LogP contribution in [0, 0.1) is 0 Å². The van der Waals surface area contributed by atoms with Gasteiger partial charge in [0.2, 0.25) is 0 Å². The lowest BCUT2D eigenvalue weighted by Crippen LogP contribution is -2.39. The predicted molar refractivity (Wildman–Crippen MR) is 141 cm³/mol. The number of rotatable bonds is 7. The maximum Gasteiger partial charge on any atom is 0.435 e. The van der Waals surface area contributed by atoms with Crippen molar-refractivity contribution in [2.75, 3.05) is 37.9 Å². The van der Waals surface area contributed by atoms with Crippen LogP contribution >= 0.6 is 0 Å². The lowest BCUT2D eigenvalue weighted by Gasteiger charge is -2.28. The first-order valence-corrected chi connectivity index (χ1v) is 14.0. The highest BCUT2D eigenvalue weighted by Gasteiger charge is 2.43. The zero-order chi connectivity index (χ0) is 28.5. The van der Waals surface area contributed by atoms with Gasteiger partial charge in [-0.15, -0.1) is 4.40 Å². The zero-order valence-electron chi connectivity index (χ0n) is 21.9. The quantitative estimate of drug-likeness (QED) is 0.317. The Balaban J connectivity index is 1.75. The number of sulfonamides is 1. The highest BCUT2D eigenvalue weighted by atomic mass is 32.2. The smallest absolute Gasteiger partial charge is 0.435 e. The molecular weight excluding hydrogens is 535 g/mol. The van der Waals surface area contributed by atoms with Crippen molar-refractivity contribution in [2.24, 2.45) is 4.40 Å². The third-order valence-electron chi connectivity index (χ3n) is 6.35. The molecule has 0 aliphatic carbocycles. The lowest BCUT2D eigenvalue weighted by atomic mass is 10.0. The molecule has 0 radical (unpaired) electrons. The van der Waals surface area contributed by atoms with E-state index in [-0.39, 0.29) is 35.7 Å². The zero-order valence-corrected chi connectivity index (χ0v) is 22.7. The Morgan fingerprint density at radius 2 is 1.64 bits per heavy atom. The highest BCUT2D eigenvalue weighted by Crippen LogP contribution is 2.37. The van der Waals surface area contributed by atoms with Crippen LogP contribution in [0.4, 0.5) is 18.9 Å². The summed E-state index contributed by atoms with van der Waals surface area (Å²) in [5.41, 5.74) is -0.138. The number of anilines is 1. The summed E-state index contributed by atoms with van der Waals surface area (Å²) < 4.78 is 75.4. The molecule has 2 aromatic carbocycles. The Bertz CT molecular complexity index is 1490. The van der Waals surface area contributed by atoms with Gasteiger partial charge in [-0.3, -0.25) is 4.79 Å². The fourth-order valence-corrected chi connectivity index (χ4v) is 5.04. The number of hydrogen-bond acceptors (Lipinski definition) is 5. The summed E-state index contributed by atoms with van der Waals surface area (Å²) in [5.74, 6) is 0.151. The molecule has 0 N–H and O–H groups in total. The Morgan fingerprint density at radius 3 is 2.15 bits per heavy atom. The van der Waals surface area contributed by atoms with Crippen molar-refractivity contribution in [2.45, 2.75) is 26.4 Å². The van der Waals surface area contributed by atoms with Crippen molar-refractivity contribution in [3.05, 3.63) is 71.0 Å². The summed E-state index contributed by atoms with van der Waals surface area (Å²) in [6.45, 7) is 4.82. The van der Waals surface area contributed by atoms with Gasteiger partial charge in [-0.1, -0.05) is 0 Å². The molecule has 0 saturated carbocycles. The van der Waals surface area contributed by atoms with E-state index in [1.165, 1.54) is 24.1 Å². The van der Waals surface area contributed by atoms with E-state index >= 15 is 0 Å². The van der Waals surface area contributed by atoms with Gasteiger partial charge in [0.05, 0.1) is 19.1 Å². The van der Waals surface area contributed by atoms with Gasteiger partial charge in [0, 0.05) is 36.4 Å². The number of benzene rings is 2. The Morgan fingerprint density at radius 1 is 1.05 bits per heavy atom. The van der Waals surface area contributed by atoms with Crippen LogP contribution in [0.5, 0.6) is 5.75 Å². The first-order valence-electron chi connectivity index (χ1n) is 12.2. The number of fused-ring (bicyclic) bond motifs is 1. The first-order chi connectivity index (χ1) is 18.4. The molecule has 0 bridgehead atoms. The molecular formula is C26H28F3N5O4S. The van der Waals surface area contributed by atoms with Gasteiger partial charge < -0.3 is 14.5 Å². The van der Waals surface area contributed by atoms with Crippen molar-refractivity contribution < 1.29 is 31.1 Å². The summed E-state index contributed by atoms with van der Waals surface area (Å²) in [6, 6.07) is 12.7. The van der Waals surface area contributed by atoms with Gasteiger partial charge in [0.15, 0.2) is 5.69 Å². The maximum atomic E-state index is 13.9. The van der Waals surface area contributed by atoms with Crippen LogP contribution in [0.25, 0.3) is 5.69 Å². The van der Waals surface area contributed by atoms with E-state index in [0.717, 1.165) is 10.9 Å². The second-order valence-electron chi connectivity index (χ2n) is 8.86. The molecule has 2 heterocycles. The minimum Gasteiger partial charge on any atom is -0.497 e. The molecule has 0 atom stereocenters. The molecule has 0 unspecified atom stereocenters. The van der Waals surface area contributed by atoms with E-state index in [0.29, 0.717) is 30.1 Å². The number of methoxy groups -OCH3 is 1. The van der Waals surface area contributed by atoms with Gasteiger partial charge >= 0.3 is 6.18 Å². The Hall–Kier alpha value is -3.87. The van der Waals surface area contributed by atoms with Gasteiger partial charge in [0.1, 0.15) is 17.3 Å². The summed E-state index contributed by atoms with van der Waals surface area (Å²) in [6.07, 6.45) is -3.77. The fraction of sp³-hybridized carbons (Fsp3) is 0.346. The molecule has 4 rings (SSSR count). The standard InChI is InChI=1S/C26H28F3N5O4S/c1-5-32(6-2)24(31-39(4,36)37)17-7-9-18(10-8-17)33-16-15-21-22(25(33)35)34(30-23(21)26(27,28)29)19-11-13-20(38-3)14-12-19/h7-14H,5-6,15-16H2,1-4H3. The van der Waals surface area contributed by atoms with E-state index in [2.05, 4.69) is 9.50 Å². The number of carbonyl (C=O) groups excluding carboxylic acids is 1. The van der Waals surface area contributed by atoms with Crippen molar-refractivity contribution in [3.63, 3.8) is 0 Å². The maximum absolute atomic E-state index is 13.9. The number of hydrogen-bond donors (Lipinski definition) is 0. The molecule has 13 heteroatoms. The summed E-state index contributed by atoms with van der Waals surface area (Å²) >= 11 is 0. The minimum atomic E-state index is -4.73. The number of ether oxygens (including phenoxy) is 1. The molecule has 39 heavy (non-hydrogen) atoms. The second-order valence-corrected chi connectivity index (χ2v) is 10.5. The number of aromatic nitrogens is 2. The molecule has 1 aliphatic heterocycles.